The number of carbonyl (C=O) groups excluding carboxylic acids is 1. The second kappa shape index (κ2) is 10.3. The smallest absolute Gasteiger partial charge is 0.321 e. The number of hydrogen-bond acceptors (Lipinski definition) is 5. The van der Waals surface area contributed by atoms with Crippen LogP contribution in [0.3, 0.4) is 0 Å². The topological polar surface area (TPSA) is 90.4 Å². The molecule has 0 aromatic carbocycles. The lowest BCUT2D eigenvalue weighted by Gasteiger charge is -2.08. The summed E-state index contributed by atoms with van der Waals surface area (Å²) in [5.74, 6) is -0.454. The molecule has 5 N–H and O–H groups in total. The van der Waals surface area contributed by atoms with Crippen LogP contribution < -0.4 is 16.8 Å². The Labute approximate surface area is 73.4 Å². The molecule has 0 bridgehead atoms. The molecule has 0 aromatic rings. The van der Waals surface area contributed by atoms with Gasteiger partial charge in [0.2, 0.25) is 0 Å². The molecule has 5 heteroatoms. The van der Waals surface area contributed by atoms with Crippen molar-refractivity contribution in [2.75, 3.05) is 20.6 Å². The molecule has 0 fully saturated rings. The summed E-state index contributed by atoms with van der Waals surface area (Å²) in [5.41, 5.74) is 10.2. The first-order valence-corrected chi connectivity index (χ1v) is 3.85. The summed E-state index contributed by atoms with van der Waals surface area (Å²) in [5, 5.41) is 2.75. The van der Waals surface area contributed by atoms with Crippen LogP contribution in [0.15, 0.2) is 0 Å². The lowest BCUT2D eigenvalue weighted by molar-refractivity contribution is -0.147. The fraction of sp³-hybridized carbons (Fsp3) is 0.857. The summed E-state index contributed by atoms with van der Waals surface area (Å²) in [7, 11) is 3.75. The van der Waals surface area contributed by atoms with Crippen LogP contribution in [-0.4, -0.2) is 32.8 Å². The van der Waals surface area contributed by atoms with Crippen LogP contribution in [0.2, 0.25) is 0 Å². The van der Waals surface area contributed by atoms with E-state index in [1.54, 1.807) is 0 Å². The molecular weight excluding hydrogens is 158 g/mol. The van der Waals surface area contributed by atoms with E-state index in [0.29, 0.717) is 6.42 Å². The molecule has 0 aromatic heterocycles. The average Bonchev–Trinajstić information content (AvgIpc) is 2.05. The minimum absolute atomic E-state index is 0.103. The molecular formula is C7H19N3O2. The van der Waals surface area contributed by atoms with E-state index in [1.807, 2.05) is 21.0 Å². The third-order valence-electron chi connectivity index (χ3n) is 0.852. The van der Waals surface area contributed by atoms with Crippen molar-refractivity contribution in [3.8, 4) is 0 Å². The van der Waals surface area contributed by atoms with E-state index in [-0.39, 0.29) is 6.54 Å². The van der Waals surface area contributed by atoms with Crippen LogP contribution >= 0.6 is 0 Å². The van der Waals surface area contributed by atoms with Crippen LogP contribution in [0.25, 0.3) is 0 Å². The van der Waals surface area contributed by atoms with E-state index in [1.165, 1.54) is 0 Å². The highest BCUT2D eigenvalue weighted by atomic mass is 16.6. The van der Waals surface area contributed by atoms with Gasteiger partial charge in [-0.15, -0.1) is 0 Å². The van der Waals surface area contributed by atoms with Gasteiger partial charge in [0.25, 0.3) is 0 Å². The van der Waals surface area contributed by atoms with Gasteiger partial charge in [0.15, 0.2) is 6.23 Å². The van der Waals surface area contributed by atoms with Crippen LogP contribution in [0.1, 0.15) is 13.3 Å². The molecule has 0 amide bonds. The highest BCUT2D eigenvalue weighted by molar-refractivity contribution is 5.71. The largest absolute Gasteiger partial charge is 0.446 e. The van der Waals surface area contributed by atoms with E-state index in [2.05, 4.69) is 10.1 Å². The minimum Gasteiger partial charge on any atom is -0.446 e. The van der Waals surface area contributed by atoms with Crippen molar-refractivity contribution < 1.29 is 9.53 Å². The van der Waals surface area contributed by atoms with Gasteiger partial charge in [-0.2, -0.15) is 0 Å². The van der Waals surface area contributed by atoms with Gasteiger partial charge < -0.3 is 15.8 Å². The third kappa shape index (κ3) is 12.1. The van der Waals surface area contributed by atoms with Crippen molar-refractivity contribution in [3.05, 3.63) is 0 Å². The molecule has 12 heavy (non-hydrogen) atoms. The van der Waals surface area contributed by atoms with Crippen molar-refractivity contribution in [1.82, 2.24) is 5.32 Å². The lowest BCUT2D eigenvalue weighted by Crippen LogP contribution is -2.29. The van der Waals surface area contributed by atoms with Crippen molar-refractivity contribution >= 4 is 5.97 Å². The molecule has 0 aliphatic carbocycles. The molecule has 0 spiro atoms. The fourth-order valence-electron chi connectivity index (χ4n) is 0.300. The quantitative estimate of drug-likeness (QED) is 0.381. The highest BCUT2D eigenvalue weighted by Gasteiger charge is 2.03. The van der Waals surface area contributed by atoms with Gasteiger partial charge in [0.1, 0.15) is 0 Å². The fourth-order valence-corrected chi connectivity index (χ4v) is 0.300. The Morgan fingerprint density at radius 3 is 2.25 bits per heavy atom. The Hall–Kier alpha value is -0.650. The second-order valence-electron chi connectivity index (χ2n) is 2.14. The van der Waals surface area contributed by atoms with Crippen molar-refractivity contribution in [1.29, 1.82) is 0 Å². The Morgan fingerprint density at radius 1 is 1.58 bits per heavy atom. The lowest BCUT2D eigenvalue weighted by atomic mass is 10.4. The molecule has 74 valence electrons. The first-order chi connectivity index (χ1) is 5.62. The van der Waals surface area contributed by atoms with Gasteiger partial charge in [0, 0.05) is 0 Å². The molecule has 0 aliphatic heterocycles. The van der Waals surface area contributed by atoms with Crippen LogP contribution in [-0.2, 0) is 9.53 Å². The number of carbonyl (C=O) groups is 1. The Bertz CT molecular complexity index is 109. The Balaban J connectivity index is 0. The zero-order chi connectivity index (χ0) is 9.98. The van der Waals surface area contributed by atoms with Crippen molar-refractivity contribution in [2.24, 2.45) is 11.5 Å². The number of rotatable bonds is 3. The summed E-state index contributed by atoms with van der Waals surface area (Å²) >= 11 is 0. The molecule has 1 unspecified atom stereocenters. The predicted molar refractivity (Wildman–Crippen MR) is 48.4 cm³/mol. The normalized spacial score (nSPS) is 11.1. The van der Waals surface area contributed by atoms with Crippen molar-refractivity contribution in [2.45, 2.75) is 19.6 Å². The Morgan fingerprint density at radius 2 is 2.00 bits per heavy atom. The zero-order valence-electron chi connectivity index (χ0n) is 7.96. The number of nitrogens with two attached hydrogens (primary N) is 2. The maximum absolute atomic E-state index is 10.4. The second-order valence-corrected chi connectivity index (χ2v) is 2.14. The van der Waals surface area contributed by atoms with E-state index >= 15 is 0 Å². The summed E-state index contributed by atoms with van der Waals surface area (Å²) in [6, 6.07) is 0. The maximum Gasteiger partial charge on any atom is 0.321 e. The molecule has 0 rings (SSSR count). The monoisotopic (exact) mass is 177 g/mol. The first kappa shape index (κ1) is 13.9. The Kier molecular flexibility index (Phi) is 12.0. The molecule has 1 atom stereocenters. The summed E-state index contributed by atoms with van der Waals surface area (Å²) in [6.07, 6.45) is 0.118. The number of esters is 1. The van der Waals surface area contributed by atoms with Gasteiger partial charge in [-0.05, 0) is 20.5 Å². The van der Waals surface area contributed by atoms with E-state index in [0.717, 1.165) is 0 Å². The van der Waals surface area contributed by atoms with Crippen LogP contribution in [0.4, 0.5) is 0 Å². The number of nitrogens with one attached hydrogen (secondary N) is 1. The predicted octanol–water partition coefficient (Wildman–Crippen LogP) is -0.981. The van der Waals surface area contributed by atoms with Crippen LogP contribution in [0.5, 0.6) is 0 Å². The SMILES string of the molecule is CCC(N)OC(=O)CN.CNC. The molecule has 0 saturated heterocycles. The molecule has 0 saturated carbocycles. The molecule has 0 aliphatic rings. The van der Waals surface area contributed by atoms with E-state index in [4.69, 9.17) is 11.5 Å². The highest BCUT2D eigenvalue weighted by Crippen LogP contribution is 1.87. The number of hydrogen-bond donors (Lipinski definition) is 3. The first-order valence-electron chi connectivity index (χ1n) is 3.85. The number of ether oxygens (including phenoxy) is 1. The van der Waals surface area contributed by atoms with Crippen LogP contribution in [0, 0.1) is 0 Å². The van der Waals surface area contributed by atoms with E-state index < -0.39 is 12.2 Å². The van der Waals surface area contributed by atoms with Gasteiger partial charge in [-0.25, -0.2) is 0 Å². The van der Waals surface area contributed by atoms with Gasteiger partial charge in [0.05, 0.1) is 6.54 Å². The summed E-state index contributed by atoms with van der Waals surface area (Å²) in [4.78, 5) is 10.4. The van der Waals surface area contributed by atoms with E-state index in [9.17, 15) is 4.79 Å². The summed E-state index contributed by atoms with van der Waals surface area (Å²) < 4.78 is 4.56. The van der Waals surface area contributed by atoms with Gasteiger partial charge in [-0.1, -0.05) is 6.92 Å². The minimum atomic E-state index is -0.499. The zero-order valence-corrected chi connectivity index (χ0v) is 7.96. The standard InChI is InChI=1S/C5H12N2O2.C2H7N/c1-2-4(7)9-5(8)3-6;1-3-2/h4H,2-3,6-7H2,1H3;3H,1-2H3. The summed E-state index contributed by atoms with van der Waals surface area (Å²) in [6.45, 7) is 1.72. The average molecular weight is 177 g/mol. The third-order valence-corrected chi connectivity index (χ3v) is 0.852. The van der Waals surface area contributed by atoms with Crippen molar-refractivity contribution in [3.63, 3.8) is 0 Å². The van der Waals surface area contributed by atoms with Gasteiger partial charge in [-0.3, -0.25) is 10.5 Å². The maximum atomic E-state index is 10.4. The molecule has 0 radical (unpaired) electrons. The van der Waals surface area contributed by atoms with Gasteiger partial charge >= 0.3 is 5.97 Å². The molecule has 0 heterocycles. The molecule has 5 nitrogen and oxygen atoms in total.